The Balaban J connectivity index is 2.48. The van der Waals surface area contributed by atoms with Gasteiger partial charge in [0.25, 0.3) is 9.05 Å². The van der Waals surface area contributed by atoms with Gasteiger partial charge in [-0.3, -0.25) is 9.89 Å². The third kappa shape index (κ3) is 2.19. The molecule has 0 atom stereocenters. The summed E-state index contributed by atoms with van der Waals surface area (Å²) in [6, 6.07) is 4.28. The van der Waals surface area contributed by atoms with Crippen LogP contribution in [0.1, 0.15) is 21.9 Å². The molecule has 2 aromatic heterocycles. The Morgan fingerprint density at radius 1 is 1.44 bits per heavy atom. The summed E-state index contributed by atoms with van der Waals surface area (Å²) in [6.45, 7) is 1.77. The van der Waals surface area contributed by atoms with E-state index in [-0.39, 0.29) is 22.2 Å². The molecule has 2 rings (SSSR count). The van der Waals surface area contributed by atoms with Crippen LogP contribution < -0.4 is 0 Å². The number of aromatic nitrogens is 3. The van der Waals surface area contributed by atoms with Crippen molar-refractivity contribution in [1.82, 2.24) is 14.8 Å². The largest absolute Gasteiger partial charge is 0.331 e. The summed E-state index contributed by atoms with van der Waals surface area (Å²) in [5.74, 6) is -0.367. The van der Waals surface area contributed by atoms with Crippen LogP contribution in [0.3, 0.4) is 0 Å². The minimum Gasteiger partial charge on any atom is -0.331 e. The monoisotopic (exact) mass is 287 g/mol. The second kappa shape index (κ2) is 4.25. The lowest BCUT2D eigenvalue weighted by atomic mass is 10.2. The Morgan fingerprint density at radius 2 is 2.11 bits per heavy atom. The lowest BCUT2D eigenvalue weighted by Crippen LogP contribution is -2.10. The van der Waals surface area contributed by atoms with Crippen LogP contribution in [-0.4, -0.2) is 29.0 Å². The lowest BCUT2D eigenvalue weighted by molar-refractivity contribution is 0.102. The van der Waals surface area contributed by atoms with Gasteiger partial charge in [0.05, 0.1) is 5.69 Å². The van der Waals surface area contributed by atoms with E-state index in [0.717, 1.165) is 5.69 Å². The predicted molar refractivity (Wildman–Crippen MR) is 65.2 cm³/mol. The zero-order chi connectivity index (χ0) is 13.5. The zero-order valence-corrected chi connectivity index (χ0v) is 11.2. The molecule has 0 bridgehead atoms. The highest BCUT2D eigenvalue weighted by Gasteiger charge is 2.21. The van der Waals surface area contributed by atoms with Crippen LogP contribution in [0.4, 0.5) is 0 Å². The molecule has 0 unspecified atom stereocenters. The average molecular weight is 288 g/mol. The summed E-state index contributed by atoms with van der Waals surface area (Å²) in [5.41, 5.74) is 1.19. The van der Waals surface area contributed by atoms with Gasteiger partial charge in [-0.15, -0.1) is 0 Å². The summed E-state index contributed by atoms with van der Waals surface area (Å²) in [7, 11) is 2.84. The zero-order valence-electron chi connectivity index (χ0n) is 9.64. The highest BCUT2D eigenvalue weighted by molar-refractivity contribution is 8.13. The van der Waals surface area contributed by atoms with Gasteiger partial charge in [-0.2, -0.15) is 5.10 Å². The van der Waals surface area contributed by atoms with Gasteiger partial charge in [-0.05, 0) is 25.1 Å². The topological polar surface area (TPSA) is 84.8 Å². The van der Waals surface area contributed by atoms with E-state index < -0.39 is 9.05 Å². The van der Waals surface area contributed by atoms with E-state index in [1.54, 1.807) is 13.0 Å². The summed E-state index contributed by atoms with van der Waals surface area (Å²) in [6.07, 6.45) is 0. The van der Waals surface area contributed by atoms with Crippen molar-refractivity contribution in [2.75, 3.05) is 0 Å². The molecule has 0 fully saturated rings. The van der Waals surface area contributed by atoms with Crippen molar-refractivity contribution >= 4 is 25.5 Å². The van der Waals surface area contributed by atoms with E-state index >= 15 is 0 Å². The van der Waals surface area contributed by atoms with Crippen molar-refractivity contribution in [3.05, 3.63) is 35.3 Å². The van der Waals surface area contributed by atoms with E-state index in [0.29, 0.717) is 0 Å². The van der Waals surface area contributed by atoms with E-state index in [2.05, 4.69) is 10.2 Å². The van der Waals surface area contributed by atoms with Gasteiger partial charge in [-0.1, -0.05) is 0 Å². The van der Waals surface area contributed by atoms with Crippen LogP contribution in [0.15, 0.2) is 23.2 Å². The Hall–Kier alpha value is -1.60. The highest BCUT2D eigenvalue weighted by atomic mass is 35.7. The summed E-state index contributed by atoms with van der Waals surface area (Å²) in [5, 5.41) is 6.36. The van der Waals surface area contributed by atoms with E-state index in [1.165, 1.54) is 23.7 Å². The first kappa shape index (κ1) is 12.8. The molecule has 2 aromatic rings. The van der Waals surface area contributed by atoms with Crippen molar-refractivity contribution in [3.63, 3.8) is 0 Å². The van der Waals surface area contributed by atoms with Crippen molar-refractivity contribution in [3.8, 4) is 0 Å². The van der Waals surface area contributed by atoms with Gasteiger partial charge in [0.15, 0.2) is 5.03 Å². The number of rotatable bonds is 3. The van der Waals surface area contributed by atoms with Crippen molar-refractivity contribution in [2.24, 2.45) is 7.05 Å². The third-order valence-electron chi connectivity index (χ3n) is 2.50. The van der Waals surface area contributed by atoms with Crippen molar-refractivity contribution in [2.45, 2.75) is 11.9 Å². The Bertz CT molecular complexity index is 715. The molecule has 1 N–H and O–H groups in total. The van der Waals surface area contributed by atoms with E-state index in [9.17, 15) is 13.2 Å². The number of nitrogens with one attached hydrogen (secondary N) is 1. The minimum absolute atomic E-state index is 0.125. The van der Waals surface area contributed by atoms with Gasteiger partial charge >= 0.3 is 0 Å². The first-order valence-corrected chi connectivity index (χ1v) is 7.28. The maximum atomic E-state index is 12.1. The standard InChI is InChI=1S/C10H10ClN3O3S/c1-6-5-7(13-12-6)10(15)8-3-4-9(14(8)2)18(11,16)17/h3-5H,1-2H3,(H,12,13). The number of hydrogen-bond acceptors (Lipinski definition) is 4. The number of ketones is 1. The molecule has 0 saturated heterocycles. The number of halogens is 1. The van der Waals surface area contributed by atoms with Crippen LogP contribution in [0.25, 0.3) is 0 Å². The number of hydrogen-bond donors (Lipinski definition) is 1. The van der Waals surface area contributed by atoms with Crippen LogP contribution in [0.2, 0.25) is 0 Å². The fraction of sp³-hybridized carbons (Fsp3) is 0.200. The highest BCUT2D eigenvalue weighted by Crippen LogP contribution is 2.19. The van der Waals surface area contributed by atoms with E-state index in [1.807, 2.05) is 0 Å². The molecule has 0 aliphatic rings. The normalized spacial score (nSPS) is 11.7. The molecule has 0 aliphatic carbocycles. The molecular weight excluding hydrogens is 278 g/mol. The van der Waals surface area contributed by atoms with Crippen LogP contribution in [-0.2, 0) is 16.1 Å². The molecule has 0 amide bonds. The predicted octanol–water partition coefficient (Wildman–Crippen LogP) is 1.22. The number of nitrogens with zero attached hydrogens (tertiary/aromatic N) is 2. The van der Waals surface area contributed by atoms with Crippen LogP contribution >= 0.6 is 10.7 Å². The van der Waals surface area contributed by atoms with Gasteiger partial charge in [0, 0.05) is 23.4 Å². The second-order valence-electron chi connectivity index (χ2n) is 3.82. The Morgan fingerprint density at radius 3 is 2.56 bits per heavy atom. The molecular formula is C10H10ClN3O3S. The quantitative estimate of drug-likeness (QED) is 0.679. The van der Waals surface area contributed by atoms with Crippen LogP contribution in [0, 0.1) is 6.92 Å². The molecule has 96 valence electrons. The number of carbonyl (C=O) groups is 1. The van der Waals surface area contributed by atoms with Gasteiger partial charge in [0.1, 0.15) is 5.69 Å². The molecule has 0 aromatic carbocycles. The third-order valence-corrected chi connectivity index (χ3v) is 3.88. The maximum Gasteiger partial charge on any atom is 0.276 e. The first-order valence-electron chi connectivity index (χ1n) is 4.98. The molecule has 0 spiro atoms. The van der Waals surface area contributed by atoms with Gasteiger partial charge in [-0.25, -0.2) is 8.42 Å². The number of carbonyl (C=O) groups excluding carboxylic acids is 1. The molecule has 0 aliphatic heterocycles. The molecule has 18 heavy (non-hydrogen) atoms. The van der Waals surface area contributed by atoms with Gasteiger partial charge in [0.2, 0.25) is 5.78 Å². The molecule has 0 saturated carbocycles. The SMILES string of the molecule is Cc1cc(C(=O)c2ccc(S(=O)(=O)Cl)n2C)n[nH]1. The lowest BCUT2D eigenvalue weighted by Gasteiger charge is -2.02. The summed E-state index contributed by atoms with van der Waals surface area (Å²) >= 11 is 0. The maximum absolute atomic E-state index is 12.1. The van der Waals surface area contributed by atoms with Crippen molar-refractivity contribution < 1.29 is 13.2 Å². The number of aryl methyl sites for hydroxylation is 1. The number of H-pyrrole nitrogens is 1. The minimum atomic E-state index is -3.87. The second-order valence-corrected chi connectivity index (χ2v) is 6.33. The first-order chi connectivity index (χ1) is 8.30. The summed E-state index contributed by atoms with van der Waals surface area (Å²) < 4.78 is 23.7. The Kier molecular flexibility index (Phi) is 3.04. The number of aromatic amines is 1. The average Bonchev–Trinajstić information content (AvgIpc) is 2.82. The van der Waals surface area contributed by atoms with Crippen LogP contribution in [0.5, 0.6) is 0 Å². The summed E-state index contributed by atoms with van der Waals surface area (Å²) in [4.78, 5) is 12.1. The molecule has 6 nitrogen and oxygen atoms in total. The fourth-order valence-electron chi connectivity index (χ4n) is 1.63. The van der Waals surface area contributed by atoms with Gasteiger partial charge < -0.3 is 4.57 Å². The smallest absolute Gasteiger partial charge is 0.276 e. The Labute approximate surface area is 108 Å². The molecule has 2 heterocycles. The fourth-order valence-corrected chi connectivity index (χ4v) is 2.75. The molecule has 8 heteroatoms. The molecule has 0 radical (unpaired) electrons. The van der Waals surface area contributed by atoms with Crippen molar-refractivity contribution in [1.29, 1.82) is 0 Å². The van der Waals surface area contributed by atoms with E-state index in [4.69, 9.17) is 10.7 Å².